The van der Waals surface area contributed by atoms with E-state index < -0.39 is 5.60 Å². The second-order valence-electron chi connectivity index (χ2n) is 7.75. The zero-order valence-corrected chi connectivity index (χ0v) is 18.0. The molecule has 150 valence electrons. The Bertz CT molecular complexity index is 664. The Morgan fingerprint density at radius 3 is 2.37 bits per heavy atom. The van der Waals surface area contributed by atoms with Gasteiger partial charge in [0.2, 0.25) is 0 Å². The molecule has 0 spiro atoms. The van der Waals surface area contributed by atoms with Gasteiger partial charge in [-0.2, -0.15) is 0 Å². The first-order chi connectivity index (χ1) is 12.7. The van der Waals surface area contributed by atoms with Crippen molar-refractivity contribution in [1.29, 1.82) is 0 Å². The van der Waals surface area contributed by atoms with Crippen LogP contribution in [0.1, 0.15) is 63.7 Å². The second-order valence-corrected chi connectivity index (χ2v) is 8.61. The Labute approximate surface area is 169 Å². The van der Waals surface area contributed by atoms with Gasteiger partial charge < -0.3 is 20.1 Å². The summed E-state index contributed by atoms with van der Waals surface area (Å²) in [5.41, 5.74) is 0.922. The molecule has 2 N–H and O–H groups in total. The molecule has 0 aliphatic heterocycles. The molecule has 0 unspecified atom stereocenters. The van der Waals surface area contributed by atoms with Crippen LogP contribution in [0.4, 0.5) is 10.5 Å². The molecule has 0 radical (unpaired) electrons. The molecule has 0 bridgehead atoms. The highest BCUT2D eigenvalue weighted by atomic mass is 79.9. The molecule has 27 heavy (non-hydrogen) atoms. The maximum Gasteiger partial charge on any atom is 0.407 e. The molecule has 1 aromatic rings. The van der Waals surface area contributed by atoms with Crippen LogP contribution in [0.25, 0.3) is 0 Å². The predicted octanol–water partition coefficient (Wildman–Crippen LogP) is 4.87. The van der Waals surface area contributed by atoms with E-state index >= 15 is 0 Å². The second kappa shape index (κ2) is 9.44. The number of alkyl carbamates (subject to hydrolysis) is 1. The Morgan fingerprint density at radius 1 is 1.15 bits per heavy atom. The first kappa shape index (κ1) is 21.5. The highest BCUT2D eigenvalue weighted by Crippen LogP contribution is 2.28. The van der Waals surface area contributed by atoms with E-state index in [9.17, 15) is 9.59 Å². The lowest BCUT2D eigenvalue weighted by Crippen LogP contribution is -2.42. The number of ether oxygens (including phenoxy) is 2. The third-order valence-corrected chi connectivity index (χ3v) is 4.98. The Morgan fingerprint density at radius 2 is 1.78 bits per heavy atom. The molecule has 6 nitrogen and oxygen atoms in total. The highest BCUT2D eigenvalue weighted by molar-refractivity contribution is 9.10. The number of hydrogen-bond donors (Lipinski definition) is 2. The lowest BCUT2D eigenvalue weighted by atomic mass is 9.91. The number of hydrogen-bond acceptors (Lipinski definition) is 5. The van der Waals surface area contributed by atoms with E-state index in [-0.39, 0.29) is 24.1 Å². The van der Waals surface area contributed by atoms with E-state index in [1.54, 1.807) is 13.0 Å². The molecule has 1 fully saturated rings. The molecule has 0 atom stereocenters. The smallest absolute Gasteiger partial charge is 0.407 e. The van der Waals surface area contributed by atoms with E-state index in [4.69, 9.17) is 9.47 Å². The molecule has 1 aliphatic carbocycles. The summed E-state index contributed by atoms with van der Waals surface area (Å²) in [4.78, 5) is 23.8. The lowest BCUT2D eigenvalue weighted by molar-refractivity contribution is 0.0489. The van der Waals surface area contributed by atoms with Crippen molar-refractivity contribution in [2.24, 2.45) is 0 Å². The number of rotatable bonds is 5. The SMILES string of the molecule is CCOC(=O)c1ccc(Br)c(N[C@H]2CC[C@H](NC(=O)OC(C)(C)C)CC2)c1. The standard InChI is InChI=1S/C20H29BrN2O4/c1-5-26-18(24)13-6-11-16(21)17(12-13)22-14-7-9-15(10-8-14)23-19(25)27-20(2,3)4/h6,11-12,14-15,22H,5,7-10H2,1-4H3,(H,23,25)/t14-,15-. The van der Waals surface area contributed by atoms with Gasteiger partial charge in [0, 0.05) is 22.2 Å². The van der Waals surface area contributed by atoms with Crippen LogP contribution in [-0.2, 0) is 9.47 Å². The Hall–Kier alpha value is -1.76. The molecule has 1 saturated carbocycles. The van der Waals surface area contributed by atoms with E-state index in [1.165, 1.54) is 0 Å². The molecule has 0 aromatic heterocycles. The summed E-state index contributed by atoms with van der Waals surface area (Å²) in [6.45, 7) is 7.72. The fourth-order valence-electron chi connectivity index (χ4n) is 3.05. The molecule has 1 aromatic carbocycles. The summed E-state index contributed by atoms with van der Waals surface area (Å²) in [5.74, 6) is -0.321. The zero-order valence-electron chi connectivity index (χ0n) is 16.4. The van der Waals surface area contributed by atoms with Gasteiger partial charge >= 0.3 is 12.1 Å². The normalized spacial score (nSPS) is 19.9. The van der Waals surface area contributed by atoms with E-state index in [2.05, 4.69) is 26.6 Å². The minimum absolute atomic E-state index is 0.132. The zero-order chi connectivity index (χ0) is 20.0. The van der Waals surface area contributed by atoms with Gasteiger partial charge in [0.25, 0.3) is 0 Å². The van der Waals surface area contributed by atoms with Crippen LogP contribution in [0.5, 0.6) is 0 Å². The van der Waals surface area contributed by atoms with Gasteiger partial charge in [-0.1, -0.05) is 0 Å². The maximum atomic E-state index is 11.9. The first-order valence-corrected chi connectivity index (χ1v) is 10.2. The van der Waals surface area contributed by atoms with E-state index in [1.807, 2.05) is 32.9 Å². The van der Waals surface area contributed by atoms with Gasteiger partial charge in [-0.25, -0.2) is 9.59 Å². The summed E-state index contributed by atoms with van der Waals surface area (Å²) in [5, 5.41) is 6.45. The minimum Gasteiger partial charge on any atom is -0.462 e. The van der Waals surface area contributed by atoms with Crippen LogP contribution in [0.3, 0.4) is 0 Å². The van der Waals surface area contributed by atoms with Gasteiger partial charge in [0.15, 0.2) is 0 Å². The summed E-state index contributed by atoms with van der Waals surface area (Å²) in [6, 6.07) is 5.83. The fourth-order valence-corrected chi connectivity index (χ4v) is 3.41. The minimum atomic E-state index is -0.487. The van der Waals surface area contributed by atoms with Crippen molar-refractivity contribution in [1.82, 2.24) is 5.32 Å². The van der Waals surface area contributed by atoms with Crippen LogP contribution in [0.15, 0.2) is 22.7 Å². The van der Waals surface area contributed by atoms with Crippen LogP contribution in [0.2, 0.25) is 0 Å². The molecule has 1 amide bonds. The largest absolute Gasteiger partial charge is 0.462 e. The van der Waals surface area contributed by atoms with E-state index in [0.717, 1.165) is 35.8 Å². The molecular formula is C20H29BrN2O4. The number of anilines is 1. The number of amides is 1. The van der Waals surface area contributed by atoms with Crippen molar-refractivity contribution in [2.45, 2.75) is 71.1 Å². The average molecular weight is 441 g/mol. The third-order valence-electron chi connectivity index (χ3n) is 4.29. The van der Waals surface area contributed by atoms with Crippen molar-refractivity contribution in [3.05, 3.63) is 28.2 Å². The maximum absolute atomic E-state index is 11.9. The molecule has 0 heterocycles. The molecule has 7 heteroatoms. The molecule has 2 rings (SSSR count). The third kappa shape index (κ3) is 7.05. The highest BCUT2D eigenvalue weighted by Gasteiger charge is 2.25. The number of esters is 1. The number of carbonyl (C=O) groups excluding carboxylic acids is 2. The van der Waals surface area contributed by atoms with Crippen molar-refractivity contribution in [3.8, 4) is 0 Å². The van der Waals surface area contributed by atoms with Gasteiger partial charge in [0.05, 0.1) is 12.2 Å². The molecule has 0 saturated heterocycles. The van der Waals surface area contributed by atoms with Gasteiger partial charge in [0.1, 0.15) is 5.60 Å². The topological polar surface area (TPSA) is 76.7 Å². The predicted molar refractivity (Wildman–Crippen MR) is 109 cm³/mol. The van der Waals surface area contributed by atoms with Crippen molar-refractivity contribution < 1.29 is 19.1 Å². The summed E-state index contributed by atoms with van der Waals surface area (Å²) in [7, 11) is 0. The number of halogens is 1. The van der Waals surface area contributed by atoms with Gasteiger partial charge in [-0.3, -0.25) is 0 Å². The van der Waals surface area contributed by atoms with Crippen LogP contribution >= 0.6 is 15.9 Å². The Kier molecular flexibility index (Phi) is 7.53. The number of nitrogens with one attached hydrogen (secondary N) is 2. The molecular weight excluding hydrogens is 412 g/mol. The summed E-state index contributed by atoms with van der Waals surface area (Å²) in [6.07, 6.45) is 3.26. The monoisotopic (exact) mass is 440 g/mol. The number of benzene rings is 1. The van der Waals surface area contributed by atoms with Gasteiger partial charge in [-0.15, -0.1) is 0 Å². The van der Waals surface area contributed by atoms with Crippen LogP contribution < -0.4 is 10.6 Å². The van der Waals surface area contributed by atoms with Crippen molar-refractivity contribution in [2.75, 3.05) is 11.9 Å². The number of carbonyl (C=O) groups is 2. The van der Waals surface area contributed by atoms with Crippen LogP contribution in [0, 0.1) is 0 Å². The quantitative estimate of drug-likeness (QED) is 0.638. The van der Waals surface area contributed by atoms with Gasteiger partial charge in [-0.05, 0) is 87.5 Å². The van der Waals surface area contributed by atoms with Crippen LogP contribution in [-0.4, -0.2) is 36.4 Å². The first-order valence-electron chi connectivity index (χ1n) is 9.40. The van der Waals surface area contributed by atoms with Crippen molar-refractivity contribution >= 4 is 33.7 Å². The average Bonchev–Trinajstić information content (AvgIpc) is 2.57. The fraction of sp³-hybridized carbons (Fsp3) is 0.600. The Balaban J connectivity index is 1.87. The van der Waals surface area contributed by atoms with E-state index in [0.29, 0.717) is 12.2 Å². The molecule has 1 aliphatic rings. The summed E-state index contributed by atoms with van der Waals surface area (Å²) < 4.78 is 11.3. The summed E-state index contributed by atoms with van der Waals surface area (Å²) >= 11 is 3.53. The lowest BCUT2D eigenvalue weighted by Gasteiger charge is -2.31. The van der Waals surface area contributed by atoms with Crippen molar-refractivity contribution in [3.63, 3.8) is 0 Å².